The average molecular weight is 311 g/mol. The standard InChI is InChI=1S/C19H21NO3/c1-11-8-12(21)4-5-13(11)16-9-15(18(22)23)14-6-7-19(2,3)10-17(14)20-16/h5,8-9H,4,6-7,10H2,1-3H3,(H,22,23). The van der Waals surface area contributed by atoms with E-state index in [4.69, 9.17) is 4.98 Å². The number of pyridine rings is 1. The SMILES string of the molecule is CC1=CC(=O)CC=C1c1cc(C(=O)O)c2c(n1)CC(C)(C)CC2. The van der Waals surface area contributed by atoms with E-state index in [1.165, 1.54) is 0 Å². The molecule has 0 aromatic carbocycles. The molecule has 0 aliphatic heterocycles. The molecule has 23 heavy (non-hydrogen) atoms. The van der Waals surface area contributed by atoms with E-state index in [2.05, 4.69) is 13.8 Å². The summed E-state index contributed by atoms with van der Waals surface area (Å²) in [5.41, 5.74) is 4.64. The highest BCUT2D eigenvalue weighted by Crippen LogP contribution is 2.37. The van der Waals surface area contributed by atoms with Gasteiger partial charge in [-0.1, -0.05) is 19.9 Å². The maximum atomic E-state index is 11.7. The third-order valence-electron chi connectivity index (χ3n) is 4.72. The molecule has 3 rings (SSSR count). The molecule has 1 aromatic heterocycles. The largest absolute Gasteiger partial charge is 0.478 e. The lowest BCUT2D eigenvalue weighted by molar-refractivity contribution is -0.113. The lowest BCUT2D eigenvalue weighted by atomic mass is 9.75. The van der Waals surface area contributed by atoms with Crippen LogP contribution in [0.15, 0.2) is 23.8 Å². The Morgan fingerprint density at radius 1 is 1.35 bits per heavy atom. The normalized spacial score (nSPS) is 19.7. The van der Waals surface area contributed by atoms with E-state index in [9.17, 15) is 14.7 Å². The molecule has 0 atom stereocenters. The molecule has 0 bridgehead atoms. The van der Waals surface area contributed by atoms with Crippen LogP contribution in [-0.2, 0) is 17.6 Å². The van der Waals surface area contributed by atoms with E-state index in [0.717, 1.165) is 41.7 Å². The highest BCUT2D eigenvalue weighted by Gasteiger charge is 2.30. The van der Waals surface area contributed by atoms with Crippen LogP contribution in [-0.4, -0.2) is 21.8 Å². The summed E-state index contributed by atoms with van der Waals surface area (Å²) < 4.78 is 0. The van der Waals surface area contributed by atoms with Crippen molar-refractivity contribution in [3.8, 4) is 0 Å². The highest BCUT2D eigenvalue weighted by atomic mass is 16.4. The molecule has 1 N–H and O–H groups in total. The van der Waals surface area contributed by atoms with Gasteiger partial charge in [0.05, 0.1) is 11.3 Å². The van der Waals surface area contributed by atoms with Crippen LogP contribution in [0.3, 0.4) is 0 Å². The first kappa shape index (κ1) is 15.7. The molecule has 4 heteroatoms. The summed E-state index contributed by atoms with van der Waals surface area (Å²) in [6.07, 6.45) is 6.32. The van der Waals surface area contributed by atoms with Crippen molar-refractivity contribution in [1.82, 2.24) is 4.98 Å². The van der Waals surface area contributed by atoms with Gasteiger partial charge in [0.25, 0.3) is 0 Å². The van der Waals surface area contributed by atoms with Gasteiger partial charge < -0.3 is 5.11 Å². The fraction of sp³-hybridized carbons (Fsp3) is 0.421. The average Bonchev–Trinajstić information content (AvgIpc) is 2.44. The number of aromatic carboxylic acids is 1. The van der Waals surface area contributed by atoms with Gasteiger partial charge in [-0.2, -0.15) is 0 Å². The monoisotopic (exact) mass is 311 g/mol. The van der Waals surface area contributed by atoms with Crippen molar-refractivity contribution in [3.05, 3.63) is 46.3 Å². The van der Waals surface area contributed by atoms with E-state index in [1.807, 2.05) is 13.0 Å². The summed E-state index contributed by atoms with van der Waals surface area (Å²) in [4.78, 5) is 28.0. The number of fused-ring (bicyclic) bond motifs is 1. The zero-order valence-corrected chi connectivity index (χ0v) is 13.8. The number of allylic oxidation sites excluding steroid dienone is 4. The van der Waals surface area contributed by atoms with Crippen LogP contribution in [0, 0.1) is 5.41 Å². The number of aromatic nitrogens is 1. The van der Waals surface area contributed by atoms with Crippen LogP contribution in [0.2, 0.25) is 0 Å². The number of carbonyl (C=O) groups is 2. The first-order valence-electron chi connectivity index (χ1n) is 7.95. The number of hydrogen-bond acceptors (Lipinski definition) is 3. The van der Waals surface area contributed by atoms with Gasteiger partial charge in [-0.25, -0.2) is 4.79 Å². The van der Waals surface area contributed by atoms with Gasteiger partial charge in [0, 0.05) is 12.1 Å². The lowest BCUT2D eigenvalue weighted by Gasteiger charge is -2.31. The molecule has 0 unspecified atom stereocenters. The number of nitrogens with zero attached hydrogens (tertiary/aromatic N) is 1. The van der Waals surface area contributed by atoms with Crippen molar-refractivity contribution >= 4 is 17.3 Å². The summed E-state index contributed by atoms with van der Waals surface area (Å²) in [5, 5.41) is 9.59. The first-order valence-corrected chi connectivity index (χ1v) is 7.95. The summed E-state index contributed by atoms with van der Waals surface area (Å²) in [7, 11) is 0. The third-order valence-corrected chi connectivity index (χ3v) is 4.72. The van der Waals surface area contributed by atoms with Crippen LogP contribution in [0.25, 0.3) is 5.57 Å². The van der Waals surface area contributed by atoms with Crippen LogP contribution >= 0.6 is 0 Å². The van der Waals surface area contributed by atoms with Crippen molar-refractivity contribution in [2.75, 3.05) is 0 Å². The Bertz CT molecular complexity index is 769. The van der Waals surface area contributed by atoms with Gasteiger partial charge in [0.2, 0.25) is 0 Å². The molecular weight excluding hydrogens is 290 g/mol. The Kier molecular flexibility index (Phi) is 3.71. The summed E-state index contributed by atoms with van der Waals surface area (Å²) in [6.45, 7) is 6.25. The second-order valence-corrected chi connectivity index (χ2v) is 7.24. The molecule has 0 saturated heterocycles. The Morgan fingerprint density at radius 2 is 2.09 bits per heavy atom. The van der Waals surface area contributed by atoms with Crippen LogP contribution in [0.5, 0.6) is 0 Å². The fourth-order valence-electron chi connectivity index (χ4n) is 3.43. The van der Waals surface area contributed by atoms with Gasteiger partial charge in [0.15, 0.2) is 5.78 Å². The quantitative estimate of drug-likeness (QED) is 0.906. The van der Waals surface area contributed by atoms with Crippen LogP contribution in [0.1, 0.15) is 60.9 Å². The van der Waals surface area contributed by atoms with Gasteiger partial charge in [-0.05, 0) is 60.5 Å². The van der Waals surface area contributed by atoms with Gasteiger partial charge in [-0.3, -0.25) is 9.78 Å². The molecular formula is C19H21NO3. The number of carbonyl (C=O) groups excluding carboxylic acids is 1. The van der Waals surface area contributed by atoms with Crippen molar-refractivity contribution in [2.45, 2.75) is 46.5 Å². The van der Waals surface area contributed by atoms with Crippen molar-refractivity contribution in [2.24, 2.45) is 5.41 Å². The Hall–Kier alpha value is -2.23. The van der Waals surface area contributed by atoms with Crippen molar-refractivity contribution < 1.29 is 14.7 Å². The second kappa shape index (κ2) is 5.44. The van der Waals surface area contributed by atoms with Crippen molar-refractivity contribution in [3.63, 3.8) is 0 Å². The number of ketones is 1. The van der Waals surface area contributed by atoms with E-state index in [0.29, 0.717) is 17.7 Å². The number of rotatable bonds is 2. The molecule has 120 valence electrons. The van der Waals surface area contributed by atoms with E-state index in [1.54, 1.807) is 12.1 Å². The number of carboxylic acid groups (broad SMARTS) is 1. The number of hydrogen-bond donors (Lipinski definition) is 1. The van der Waals surface area contributed by atoms with E-state index < -0.39 is 5.97 Å². The predicted molar refractivity (Wildman–Crippen MR) is 88.4 cm³/mol. The van der Waals surface area contributed by atoms with Gasteiger partial charge in [0.1, 0.15) is 0 Å². The van der Waals surface area contributed by atoms with E-state index >= 15 is 0 Å². The molecule has 0 saturated carbocycles. The minimum absolute atomic E-state index is 0.0730. The fourth-order valence-corrected chi connectivity index (χ4v) is 3.43. The molecule has 2 aliphatic carbocycles. The molecule has 0 fully saturated rings. The topological polar surface area (TPSA) is 67.3 Å². The summed E-state index contributed by atoms with van der Waals surface area (Å²) >= 11 is 0. The predicted octanol–water partition coefficient (Wildman–Crippen LogP) is 3.60. The van der Waals surface area contributed by atoms with Gasteiger partial charge in [-0.15, -0.1) is 0 Å². The third kappa shape index (κ3) is 2.98. The number of carboxylic acids is 1. The van der Waals surface area contributed by atoms with E-state index in [-0.39, 0.29) is 11.2 Å². The molecule has 1 heterocycles. The lowest BCUT2D eigenvalue weighted by Crippen LogP contribution is -2.25. The summed E-state index contributed by atoms with van der Waals surface area (Å²) in [5.74, 6) is -0.831. The smallest absolute Gasteiger partial charge is 0.336 e. The molecule has 0 radical (unpaired) electrons. The van der Waals surface area contributed by atoms with Crippen molar-refractivity contribution in [1.29, 1.82) is 0 Å². The Balaban J connectivity index is 2.13. The Morgan fingerprint density at radius 3 is 2.74 bits per heavy atom. The zero-order chi connectivity index (χ0) is 16.8. The maximum Gasteiger partial charge on any atom is 0.336 e. The molecule has 0 amide bonds. The first-order chi connectivity index (χ1) is 10.8. The minimum atomic E-state index is -0.904. The Labute approximate surface area is 135 Å². The highest BCUT2D eigenvalue weighted by molar-refractivity contribution is 6.00. The molecule has 0 spiro atoms. The van der Waals surface area contributed by atoms with Crippen LogP contribution in [0.4, 0.5) is 0 Å². The molecule has 1 aromatic rings. The molecule has 2 aliphatic rings. The molecule has 4 nitrogen and oxygen atoms in total. The zero-order valence-electron chi connectivity index (χ0n) is 13.8. The van der Waals surface area contributed by atoms with Gasteiger partial charge >= 0.3 is 5.97 Å². The van der Waals surface area contributed by atoms with Crippen LogP contribution < -0.4 is 0 Å². The minimum Gasteiger partial charge on any atom is -0.478 e. The second-order valence-electron chi connectivity index (χ2n) is 7.24. The summed E-state index contributed by atoms with van der Waals surface area (Å²) in [6, 6.07) is 1.67. The maximum absolute atomic E-state index is 11.7.